The highest BCUT2D eigenvalue weighted by molar-refractivity contribution is 7.88. The average molecular weight is 492 g/mol. The van der Waals surface area contributed by atoms with E-state index < -0.39 is 10.0 Å². The minimum atomic E-state index is -3.61. The Morgan fingerprint density at radius 1 is 1.12 bits per heavy atom. The van der Waals surface area contributed by atoms with Crippen LogP contribution >= 0.6 is 11.6 Å². The second-order valence-corrected chi connectivity index (χ2v) is 9.28. The number of nitrogens with one attached hydrogen (secondary N) is 1. The standard InChI is InChI=1S/C20H22ClN7O4S/c21-15-10-23-19(24-11-15)25-12-16-9-18(27-20(26-16)28-5-7-31-8-6-28)32-17-3-1-14(2-4-17)13-33(22,29)30/h1-4,9-11H,5-8,12-13H2,(H2,22,29,30)(H,23,24,25). The molecule has 0 saturated carbocycles. The summed E-state index contributed by atoms with van der Waals surface area (Å²) in [6.07, 6.45) is 3.01. The second-order valence-electron chi connectivity index (χ2n) is 7.23. The quantitative estimate of drug-likeness (QED) is 0.479. The molecular weight excluding hydrogens is 470 g/mol. The highest BCUT2D eigenvalue weighted by Gasteiger charge is 2.17. The first-order valence-corrected chi connectivity index (χ1v) is 12.1. The van der Waals surface area contributed by atoms with Gasteiger partial charge in [0.1, 0.15) is 5.75 Å². The van der Waals surface area contributed by atoms with E-state index in [1.807, 2.05) is 4.90 Å². The van der Waals surface area contributed by atoms with Crippen molar-refractivity contribution in [3.05, 3.63) is 59.0 Å². The lowest BCUT2D eigenvalue weighted by Crippen LogP contribution is -2.37. The Kier molecular flexibility index (Phi) is 7.18. The molecule has 4 rings (SSSR count). The van der Waals surface area contributed by atoms with Gasteiger partial charge < -0.3 is 19.7 Å². The Labute approximate surface area is 196 Å². The number of anilines is 2. The van der Waals surface area contributed by atoms with Crippen molar-refractivity contribution in [2.45, 2.75) is 12.3 Å². The van der Waals surface area contributed by atoms with E-state index in [2.05, 4.69) is 25.3 Å². The van der Waals surface area contributed by atoms with E-state index in [1.54, 1.807) is 30.3 Å². The zero-order chi connectivity index (χ0) is 23.3. The van der Waals surface area contributed by atoms with Gasteiger partial charge in [-0.15, -0.1) is 0 Å². The van der Waals surface area contributed by atoms with E-state index in [0.717, 1.165) is 0 Å². The van der Waals surface area contributed by atoms with E-state index in [1.165, 1.54) is 12.4 Å². The Bertz CT molecular complexity index is 1190. The monoisotopic (exact) mass is 491 g/mol. The Morgan fingerprint density at radius 2 is 1.82 bits per heavy atom. The molecule has 3 heterocycles. The molecule has 1 aromatic carbocycles. The highest BCUT2D eigenvalue weighted by Crippen LogP contribution is 2.24. The summed E-state index contributed by atoms with van der Waals surface area (Å²) in [7, 11) is -3.61. The van der Waals surface area contributed by atoms with Crippen LogP contribution in [0.5, 0.6) is 11.6 Å². The van der Waals surface area contributed by atoms with Crippen LogP contribution in [0.1, 0.15) is 11.3 Å². The number of morpholine rings is 1. The Morgan fingerprint density at radius 3 is 2.48 bits per heavy atom. The van der Waals surface area contributed by atoms with Gasteiger partial charge >= 0.3 is 0 Å². The first-order valence-electron chi connectivity index (χ1n) is 10.0. The van der Waals surface area contributed by atoms with Crippen LogP contribution < -0.4 is 20.1 Å². The summed E-state index contributed by atoms with van der Waals surface area (Å²) in [4.78, 5) is 19.5. The number of ether oxygens (including phenoxy) is 2. The molecule has 2 aromatic heterocycles. The lowest BCUT2D eigenvalue weighted by molar-refractivity contribution is 0.122. The van der Waals surface area contributed by atoms with Crippen molar-refractivity contribution < 1.29 is 17.9 Å². The summed E-state index contributed by atoms with van der Waals surface area (Å²) in [6.45, 7) is 2.85. The highest BCUT2D eigenvalue weighted by atomic mass is 35.5. The van der Waals surface area contributed by atoms with E-state index in [9.17, 15) is 8.42 Å². The maximum atomic E-state index is 11.3. The van der Waals surface area contributed by atoms with Gasteiger partial charge in [0.15, 0.2) is 0 Å². The van der Waals surface area contributed by atoms with E-state index >= 15 is 0 Å². The molecule has 1 saturated heterocycles. The van der Waals surface area contributed by atoms with Crippen molar-refractivity contribution in [1.29, 1.82) is 0 Å². The van der Waals surface area contributed by atoms with E-state index in [4.69, 9.17) is 26.2 Å². The third kappa shape index (κ3) is 6.96. The number of sulfonamides is 1. The number of primary sulfonamides is 1. The number of hydrogen-bond donors (Lipinski definition) is 2. The molecule has 0 spiro atoms. The zero-order valence-electron chi connectivity index (χ0n) is 17.5. The fraction of sp³-hybridized carbons (Fsp3) is 0.300. The SMILES string of the molecule is NS(=O)(=O)Cc1ccc(Oc2cc(CNc3ncc(Cl)cn3)nc(N3CCOCC3)n2)cc1. The third-order valence-corrected chi connectivity index (χ3v) is 5.53. The van der Waals surface area contributed by atoms with Gasteiger partial charge in [-0.25, -0.2) is 28.5 Å². The smallest absolute Gasteiger partial charge is 0.229 e. The van der Waals surface area contributed by atoms with Crippen molar-refractivity contribution in [2.24, 2.45) is 5.14 Å². The second kappa shape index (κ2) is 10.3. The van der Waals surface area contributed by atoms with Gasteiger partial charge in [0, 0.05) is 19.2 Å². The number of halogens is 1. The van der Waals surface area contributed by atoms with Crippen LogP contribution in [0.15, 0.2) is 42.7 Å². The average Bonchev–Trinajstić information content (AvgIpc) is 2.79. The topological polar surface area (TPSA) is 145 Å². The predicted molar refractivity (Wildman–Crippen MR) is 123 cm³/mol. The van der Waals surface area contributed by atoms with Crippen LogP contribution in [-0.4, -0.2) is 54.7 Å². The molecule has 13 heteroatoms. The molecule has 0 aliphatic carbocycles. The van der Waals surface area contributed by atoms with Crippen molar-refractivity contribution >= 4 is 33.5 Å². The van der Waals surface area contributed by atoms with Gasteiger partial charge in [0.05, 0.1) is 48.6 Å². The molecule has 3 aromatic rings. The summed E-state index contributed by atoms with van der Waals surface area (Å²) in [5.74, 6) is 1.54. The summed E-state index contributed by atoms with van der Waals surface area (Å²) in [5, 5.41) is 8.65. The van der Waals surface area contributed by atoms with Gasteiger partial charge in [-0.3, -0.25) is 0 Å². The molecule has 174 valence electrons. The van der Waals surface area contributed by atoms with Crippen molar-refractivity contribution in [3.63, 3.8) is 0 Å². The number of nitrogens with two attached hydrogens (primary N) is 1. The van der Waals surface area contributed by atoms with Crippen LogP contribution in [0.25, 0.3) is 0 Å². The van der Waals surface area contributed by atoms with Crippen molar-refractivity contribution in [2.75, 3.05) is 36.5 Å². The fourth-order valence-electron chi connectivity index (χ4n) is 3.09. The molecule has 33 heavy (non-hydrogen) atoms. The number of benzene rings is 1. The molecule has 1 aliphatic heterocycles. The van der Waals surface area contributed by atoms with Gasteiger partial charge in [0.2, 0.25) is 27.8 Å². The number of aromatic nitrogens is 4. The number of rotatable bonds is 8. The fourth-order valence-corrected chi connectivity index (χ4v) is 3.84. The minimum absolute atomic E-state index is 0.245. The largest absolute Gasteiger partial charge is 0.439 e. The minimum Gasteiger partial charge on any atom is -0.439 e. The predicted octanol–water partition coefficient (Wildman–Crippen LogP) is 1.95. The first kappa shape index (κ1) is 23.1. The maximum Gasteiger partial charge on any atom is 0.229 e. The summed E-state index contributed by atoms with van der Waals surface area (Å²) in [5.41, 5.74) is 1.24. The van der Waals surface area contributed by atoms with Crippen LogP contribution in [0.3, 0.4) is 0 Å². The lowest BCUT2D eigenvalue weighted by Gasteiger charge is -2.27. The van der Waals surface area contributed by atoms with Gasteiger partial charge in [-0.1, -0.05) is 23.7 Å². The van der Waals surface area contributed by atoms with Crippen molar-refractivity contribution in [3.8, 4) is 11.6 Å². The normalized spacial score (nSPS) is 14.2. The first-order chi connectivity index (χ1) is 15.8. The van der Waals surface area contributed by atoms with Crippen molar-refractivity contribution in [1.82, 2.24) is 19.9 Å². The Hall–Kier alpha value is -3.06. The molecule has 1 fully saturated rings. The van der Waals surface area contributed by atoms with Crippen LogP contribution in [0.2, 0.25) is 5.02 Å². The van der Waals surface area contributed by atoms with E-state index in [-0.39, 0.29) is 5.75 Å². The third-order valence-electron chi connectivity index (χ3n) is 4.60. The molecule has 11 nitrogen and oxygen atoms in total. The zero-order valence-corrected chi connectivity index (χ0v) is 19.1. The number of hydrogen-bond acceptors (Lipinski definition) is 10. The van der Waals surface area contributed by atoms with Gasteiger partial charge in [0.25, 0.3) is 0 Å². The molecule has 0 radical (unpaired) electrons. The van der Waals surface area contributed by atoms with E-state index in [0.29, 0.717) is 72.7 Å². The molecular formula is C20H22ClN7O4S. The maximum absolute atomic E-state index is 11.3. The molecule has 0 unspecified atom stereocenters. The summed E-state index contributed by atoms with van der Waals surface area (Å²) >= 11 is 5.83. The molecule has 0 amide bonds. The molecule has 3 N–H and O–H groups in total. The summed E-state index contributed by atoms with van der Waals surface area (Å²) < 4.78 is 33.9. The molecule has 0 bridgehead atoms. The van der Waals surface area contributed by atoms with Crippen LogP contribution in [0, 0.1) is 0 Å². The van der Waals surface area contributed by atoms with Gasteiger partial charge in [-0.05, 0) is 17.7 Å². The molecule has 1 aliphatic rings. The summed E-state index contributed by atoms with van der Waals surface area (Å²) in [6, 6.07) is 8.33. The van der Waals surface area contributed by atoms with Gasteiger partial charge in [-0.2, -0.15) is 4.98 Å². The van der Waals surface area contributed by atoms with Crippen LogP contribution in [-0.2, 0) is 27.1 Å². The number of nitrogens with zero attached hydrogens (tertiary/aromatic N) is 5. The molecule has 0 atom stereocenters. The van der Waals surface area contributed by atoms with Crippen LogP contribution in [0.4, 0.5) is 11.9 Å². The lowest BCUT2D eigenvalue weighted by atomic mass is 10.2. The Balaban J connectivity index is 1.53.